The molecule has 0 aliphatic heterocycles. The van der Waals surface area contributed by atoms with Crippen LogP contribution in [0.4, 0.5) is 0 Å². The lowest BCUT2D eigenvalue weighted by Crippen LogP contribution is -2.31. The predicted octanol–water partition coefficient (Wildman–Crippen LogP) is 2.10. The summed E-state index contributed by atoms with van der Waals surface area (Å²) in [4.78, 5) is 18.3. The highest BCUT2D eigenvalue weighted by molar-refractivity contribution is 5.94. The first-order valence-corrected chi connectivity index (χ1v) is 7.08. The summed E-state index contributed by atoms with van der Waals surface area (Å²) >= 11 is 0. The molecule has 0 bridgehead atoms. The third kappa shape index (κ3) is 4.14. The zero-order valence-electron chi connectivity index (χ0n) is 12.3. The van der Waals surface area contributed by atoms with E-state index in [-0.39, 0.29) is 5.91 Å². The van der Waals surface area contributed by atoms with Gasteiger partial charge in [0.05, 0.1) is 12.5 Å². The van der Waals surface area contributed by atoms with Gasteiger partial charge in [0.15, 0.2) is 0 Å². The smallest absolute Gasteiger partial charge is 0.254 e. The van der Waals surface area contributed by atoms with E-state index in [2.05, 4.69) is 11.1 Å². The number of amides is 1. The first-order valence-electron chi connectivity index (χ1n) is 7.08. The fraction of sp³-hybridized carbons (Fsp3) is 0.235. The Bertz CT molecular complexity index is 647. The van der Waals surface area contributed by atoms with E-state index in [9.17, 15) is 4.79 Å². The normalized spacial score (nSPS) is 10.0. The number of aromatic nitrogens is 1. The highest BCUT2D eigenvalue weighted by Crippen LogP contribution is 2.11. The van der Waals surface area contributed by atoms with Crippen molar-refractivity contribution in [1.82, 2.24) is 9.88 Å². The summed E-state index contributed by atoms with van der Waals surface area (Å²) in [7, 11) is 0. The fourth-order valence-electron chi connectivity index (χ4n) is 2.12. The van der Waals surface area contributed by atoms with Gasteiger partial charge in [0.25, 0.3) is 5.91 Å². The Kier molecular flexibility index (Phi) is 5.64. The molecule has 1 aromatic heterocycles. The van der Waals surface area contributed by atoms with Gasteiger partial charge in [-0.2, -0.15) is 5.26 Å². The molecule has 1 amide bonds. The van der Waals surface area contributed by atoms with Gasteiger partial charge >= 0.3 is 0 Å². The van der Waals surface area contributed by atoms with E-state index in [0.717, 1.165) is 11.1 Å². The van der Waals surface area contributed by atoms with Gasteiger partial charge in [0.1, 0.15) is 0 Å². The van der Waals surface area contributed by atoms with E-state index in [0.29, 0.717) is 31.6 Å². The number of rotatable bonds is 6. The molecule has 0 atom stereocenters. The fourth-order valence-corrected chi connectivity index (χ4v) is 2.12. The minimum atomic E-state index is -0.0947. The Labute approximate surface area is 130 Å². The Morgan fingerprint density at radius 1 is 1.23 bits per heavy atom. The Morgan fingerprint density at radius 2 is 2.00 bits per heavy atom. The molecule has 22 heavy (non-hydrogen) atoms. The number of nitrogens with two attached hydrogens (primary N) is 1. The van der Waals surface area contributed by atoms with Crippen LogP contribution in [0.15, 0.2) is 48.8 Å². The summed E-state index contributed by atoms with van der Waals surface area (Å²) in [6.07, 6.45) is 3.72. The van der Waals surface area contributed by atoms with Crippen molar-refractivity contribution in [2.75, 3.05) is 6.54 Å². The molecule has 0 spiro atoms. The number of hydrogen-bond acceptors (Lipinski definition) is 4. The maximum Gasteiger partial charge on any atom is 0.254 e. The van der Waals surface area contributed by atoms with E-state index >= 15 is 0 Å². The van der Waals surface area contributed by atoms with Crippen LogP contribution in [0.1, 0.15) is 27.9 Å². The highest BCUT2D eigenvalue weighted by atomic mass is 16.2. The maximum atomic E-state index is 12.6. The molecule has 0 saturated carbocycles. The lowest BCUT2D eigenvalue weighted by Gasteiger charge is -2.21. The van der Waals surface area contributed by atoms with Crippen molar-refractivity contribution in [3.8, 4) is 6.07 Å². The summed E-state index contributed by atoms with van der Waals surface area (Å²) in [5.41, 5.74) is 8.08. The van der Waals surface area contributed by atoms with Gasteiger partial charge in [0, 0.05) is 37.6 Å². The predicted molar refractivity (Wildman–Crippen MR) is 83.5 cm³/mol. The molecule has 1 aromatic carbocycles. The van der Waals surface area contributed by atoms with Crippen molar-refractivity contribution in [3.63, 3.8) is 0 Å². The number of hydrogen-bond donors (Lipinski definition) is 1. The van der Waals surface area contributed by atoms with Gasteiger partial charge in [0.2, 0.25) is 0 Å². The third-order valence-electron chi connectivity index (χ3n) is 3.31. The molecule has 2 rings (SSSR count). The van der Waals surface area contributed by atoms with Gasteiger partial charge < -0.3 is 10.6 Å². The minimum Gasteiger partial charge on any atom is -0.333 e. The first kappa shape index (κ1) is 15.7. The molecular weight excluding hydrogens is 276 g/mol. The standard InChI is InChI=1S/C17H18N4O/c18-8-2-10-21(13-15-3-1-9-20-12-15)17(22)16-6-4-14(11-19)5-7-16/h1,3-7,9,12H,2,10-11,13,19H2. The molecule has 2 aromatic rings. The minimum absolute atomic E-state index is 0.0947. The van der Waals surface area contributed by atoms with Crippen molar-refractivity contribution in [2.45, 2.75) is 19.5 Å². The number of carbonyl (C=O) groups excluding carboxylic acids is 1. The van der Waals surface area contributed by atoms with Crippen molar-refractivity contribution in [2.24, 2.45) is 5.73 Å². The summed E-state index contributed by atoms with van der Waals surface area (Å²) in [5, 5.41) is 8.79. The number of carbonyl (C=O) groups is 1. The molecule has 0 saturated heterocycles. The lowest BCUT2D eigenvalue weighted by atomic mass is 10.1. The van der Waals surface area contributed by atoms with Gasteiger partial charge in [-0.25, -0.2) is 0 Å². The Balaban J connectivity index is 2.16. The van der Waals surface area contributed by atoms with E-state index in [1.165, 1.54) is 0 Å². The molecule has 0 unspecified atom stereocenters. The molecule has 5 heteroatoms. The van der Waals surface area contributed by atoms with Crippen molar-refractivity contribution in [3.05, 3.63) is 65.5 Å². The highest BCUT2D eigenvalue weighted by Gasteiger charge is 2.16. The van der Waals surface area contributed by atoms with Crippen molar-refractivity contribution >= 4 is 5.91 Å². The SMILES string of the molecule is N#CCCN(Cc1cccnc1)C(=O)c1ccc(CN)cc1. The molecule has 1 heterocycles. The Morgan fingerprint density at radius 3 is 2.59 bits per heavy atom. The second kappa shape index (κ2) is 7.91. The number of pyridine rings is 1. The molecule has 0 aliphatic rings. The van der Waals surface area contributed by atoms with Crippen LogP contribution >= 0.6 is 0 Å². The van der Waals surface area contributed by atoms with Crippen LogP contribution in [0.25, 0.3) is 0 Å². The summed E-state index contributed by atoms with van der Waals surface area (Å²) < 4.78 is 0. The third-order valence-corrected chi connectivity index (χ3v) is 3.31. The van der Waals surface area contributed by atoms with Crippen LogP contribution in [0.5, 0.6) is 0 Å². The molecule has 0 fully saturated rings. The zero-order chi connectivity index (χ0) is 15.8. The van der Waals surface area contributed by atoms with Crippen molar-refractivity contribution in [1.29, 1.82) is 5.26 Å². The van der Waals surface area contributed by atoms with Crippen LogP contribution in [0.3, 0.4) is 0 Å². The quantitative estimate of drug-likeness (QED) is 0.884. The van der Waals surface area contributed by atoms with E-state index in [1.807, 2.05) is 24.3 Å². The second-order valence-electron chi connectivity index (χ2n) is 4.90. The van der Waals surface area contributed by atoms with Gasteiger partial charge in [-0.15, -0.1) is 0 Å². The molecule has 2 N–H and O–H groups in total. The van der Waals surface area contributed by atoms with Gasteiger partial charge in [-0.1, -0.05) is 18.2 Å². The van der Waals surface area contributed by atoms with Crippen molar-refractivity contribution < 1.29 is 4.79 Å². The molecular formula is C17H18N4O. The topological polar surface area (TPSA) is 83.0 Å². The second-order valence-corrected chi connectivity index (χ2v) is 4.90. The van der Waals surface area contributed by atoms with Crippen LogP contribution in [0.2, 0.25) is 0 Å². The monoisotopic (exact) mass is 294 g/mol. The summed E-state index contributed by atoms with van der Waals surface area (Å²) in [6, 6.07) is 13.1. The van der Waals surface area contributed by atoms with Crippen LogP contribution in [-0.4, -0.2) is 22.3 Å². The van der Waals surface area contributed by atoms with E-state index in [4.69, 9.17) is 11.0 Å². The maximum absolute atomic E-state index is 12.6. The number of benzene rings is 1. The molecule has 0 aliphatic carbocycles. The molecule has 112 valence electrons. The van der Waals surface area contributed by atoms with Crippen LogP contribution in [-0.2, 0) is 13.1 Å². The van der Waals surface area contributed by atoms with Crippen LogP contribution < -0.4 is 5.73 Å². The molecule has 0 radical (unpaired) electrons. The number of nitriles is 1. The van der Waals surface area contributed by atoms with Gasteiger partial charge in [-0.05, 0) is 29.3 Å². The Hall–Kier alpha value is -2.71. The summed E-state index contributed by atoms with van der Waals surface area (Å²) in [6.45, 7) is 1.28. The molecule has 5 nitrogen and oxygen atoms in total. The first-order chi connectivity index (χ1) is 10.7. The van der Waals surface area contributed by atoms with E-state index in [1.54, 1.807) is 29.4 Å². The summed E-state index contributed by atoms with van der Waals surface area (Å²) in [5.74, 6) is -0.0947. The average Bonchev–Trinajstić information content (AvgIpc) is 2.59. The zero-order valence-corrected chi connectivity index (χ0v) is 12.3. The average molecular weight is 294 g/mol. The largest absolute Gasteiger partial charge is 0.333 e. The van der Waals surface area contributed by atoms with E-state index < -0.39 is 0 Å². The van der Waals surface area contributed by atoms with Crippen LogP contribution in [0, 0.1) is 11.3 Å². The van der Waals surface area contributed by atoms with Gasteiger partial charge in [-0.3, -0.25) is 9.78 Å². The lowest BCUT2D eigenvalue weighted by molar-refractivity contribution is 0.0746. The number of nitrogens with zero attached hydrogens (tertiary/aromatic N) is 3.